The van der Waals surface area contributed by atoms with Crippen molar-refractivity contribution in [3.05, 3.63) is 107 Å². The Bertz CT molecular complexity index is 1540. The monoisotopic (exact) mass is 630 g/mol. The van der Waals surface area contributed by atoms with Crippen LogP contribution in [0.5, 0.6) is 0 Å². The molecule has 6 rings (SSSR count). The van der Waals surface area contributed by atoms with E-state index in [1.54, 1.807) is 0 Å². The molecular formula is C34H34Cl2SiZr. The molecule has 0 fully saturated rings. The minimum absolute atomic E-state index is 0.125. The van der Waals surface area contributed by atoms with Crippen LogP contribution in [0.2, 0.25) is 0 Å². The van der Waals surface area contributed by atoms with Crippen molar-refractivity contribution >= 4 is 46.3 Å². The molecule has 0 radical (unpaired) electrons. The number of benzene rings is 4. The number of rotatable bonds is 7. The summed E-state index contributed by atoms with van der Waals surface area (Å²) in [6.07, 6.45) is 5.77. The second-order valence-electron chi connectivity index (χ2n) is 10.9. The predicted octanol–water partition coefficient (Wildman–Crippen LogP) is 7.68. The van der Waals surface area contributed by atoms with Gasteiger partial charge in [0, 0.05) is 0 Å². The van der Waals surface area contributed by atoms with Crippen molar-refractivity contribution in [1.82, 2.24) is 0 Å². The molecule has 38 heavy (non-hydrogen) atoms. The van der Waals surface area contributed by atoms with Gasteiger partial charge in [0.2, 0.25) is 0 Å². The number of hydrogen-bond donors (Lipinski definition) is 0. The second-order valence-corrected chi connectivity index (χ2v) is 26.7. The molecule has 2 unspecified atom stereocenters. The van der Waals surface area contributed by atoms with Gasteiger partial charge in [-0.15, -0.1) is 0 Å². The molecular weight excluding hydrogens is 599 g/mol. The van der Waals surface area contributed by atoms with E-state index in [0.29, 0.717) is 5.92 Å². The SMILES string of the molecule is CCCc1ccc2c(c1-c1ccccc1)C=C(C(C)CC)[CH]2[Zr]([Cl])([Cl])[c]1cccc2c1[SiH2]c1ccccc1-2. The van der Waals surface area contributed by atoms with E-state index >= 15 is 0 Å². The summed E-state index contributed by atoms with van der Waals surface area (Å²) in [5, 5.41) is 3.02. The van der Waals surface area contributed by atoms with Crippen molar-refractivity contribution < 1.29 is 17.9 Å². The number of halogens is 2. The summed E-state index contributed by atoms with van der Waals surface area (Å²) < 4.78 is 1.44. The van der Waals surface area contributed by atoms with E-state index in [2.05, 4.69) is 112 Å². The second kappa shape index (κ2) is 10.7. The number of aryl methyl sites for hydroxylation is 1. The summed E-state index contributed by atoms with van der Waals surface area (Å²) in [4.78, 5) is 0. The zero-order chi connectivity index (χ0) is 26.4. The molecule has 192 valence electrons. The third-order valence-electron chi connectivity index (χ3n) is 8.66. The Balaban J connectivity index is 1.55. The molecule has 0 spiro atoms. The van der Waals surface area contributed by atoms with Gasteiger partial charge in [0.05, 0.1) is 0 Å². The predicted molar refractivity (Wildman–Crippen MR) is 167 cm³/mol. The Morgan fingerprint density at radius 2 is 1.58 bits per heavy atom. The van der Waals surface area contributed by atoms with E-state index in [4.69, 9.17) is 17.0 Å². The Morgan fingerprint density at radius 1 is 0.842 bits per heavy atom. The molecule has 2 atom stereocenters. The first-order chi connectivity index (χ1) is 18.5. The molecule has 0 aromatic heterocycles. The Kier molecular flexibility index (Phi) is 7.47. The van der Waals surface area contributed by atoms with Crippen molar-refractivity contribution in [2.75, 3.05) is 0 Å². The van der Waals surface area contributed by atoms with Crippen LogP contribution < -0.4 is 13.6 Å². The van der Waals surface area contributed by atoms with E-state index in [-0.39, 0.29) is 3.63 Å². The van der Waals surface area contributed by atoms with Gasteiger partial charge in [-0.1, -0.05) is 0 Å². The fraction of sp³-hybridized carbons (Fsp3) is 0.235. The summed E-state index contributed by atoms with van der Waals surface area (Å²) in [7, 11) is 15.1. The van der Waals surface area contributed by atoms with Crippen LogP contribution in [0.3, 0.4) is 0 Å². The van der Waals surface area contributed by atoms with Crippen LogP contribution >= 0.6 is 17.0 Å². The molecule has 0 amide bonds. The molecule has 0 bridgehead atoms. The van der Waals surface area contributed by atoms with Crippen molar-refractivity contribution in [2.24, 2.45) is 5.92 Å². The Hall–Kier alpha value is -1.70. The summed E-state index contributed by atoms with van der Waals surface area (Å²) in [5.74, 6) is 0.436. The molecule has 0 nitrogen and oxygen atoms in total. The zero-order valence-corrected chi connectivity index (χ0v) is 27.8. The molecule has 4 heteroatoms. The molecule has 1 heterocycles. The molecule has 4 aromatic carbocycles. The van der Waals surface area contributed by atoms with Crippen LogP contribution in [0.25, 0.3) is 28.3 Å². The van der Waals surface area contributed by atoms with E-state index in [0.717, 1.165) is 19.3 Å². The zero-order valence-electron chi connectivity index (χ0n) is 22.4. The summed E-state index contributed by atoms with van der Waals surface area (Å²) in [6.45, 7) is 6.91. The Morgan fingerprint density at radius 3 is 2.34 bits per heavy atom. The maximum atomic E-state index is 7.87. The number of fused-ring (bicyclic) bond motifs is 4. The fourth-order valence-corrected chi connectivity index (χ4v) is 23.6. The first kappa shape index (κ1) is 26.5. The van der Waals surface area contributed by atoms with Gasteiger partial charge < -0.3 is 0 Å². The fourth-order valence-electron chi connectivity index (χ4n) is 6.63. The first-order valence-corrected chi connectivity index (χ1v) is 24.4. The average molecular weight is 633 g/mol. The molecule has 0 N–H and O–H groups in total. The third-order valence-corrected chi connectivity index (χ3v) is 22.9. The van der Waals surface area contributed by atoms with Crippen molar-refractivity contribution in [3.8, 4) is 22.3 Å². The average Bonchev–Trinajstić information content (AvgIpc) is 3.52. The first-order valence-electron chi connectivity index (χ1n) is 14.0. The van der Waals surface area contributed by atoms with Crippen LogP contribution in [0, 0.1) is 5.92 Å². The molecule has 2 aliphatic rings. The molecule has 1 aliphatic carbocycles. The molecule has 4 aromatic rings. The number of hydrogen-bond acceptors (Lipinski definition) is 0. The van der Waals surface area contributed by atoms with Crippen LogP contribution in [0.1, 0.15) is 53.9 Å². The molecule has 0 saturated heterocycles. The van der Waals surface area contributed by atoms with Crippen LogP contribution in [-0.2, 0) is 24.3 Å². The van der Waals surface area contributed by atoms with Gasteiger partial charge in [-0.25, -0.2) is 0 Å². The minimum atomic E-state index is -3.97. The van der Waals surface area contributed by atoms with E-state index in [9.17, 15) is 0 Å². The van der Waals surface area contributed by atoms with Crippen LogP contribution in [0.15, 0.2) is 90.5 Å². The molecule has 1 aliphatic heterocycles. The quantitative estimate of drug-likeness (QED) is 0.162. The van der Waals surface area contributed by atoms with Gasteiger partial charge in [0.15, 0.2) is 0 Å². The van der Waals surface area contributed by atoms with Gasteiger partial charge in [-0.3, -0.25) is 0 Å². The van der Waals surface area contributed by atoms with Crippen molar-refractivity contribution in [2.45, 2.75) is 43.7 Å². The molecule has 0 saturated carbocycles. The van der Waals surface area contributed by atoms with Gasteiger partial charge in [0.25, 0.3) is 0 Å². The summed E-state index contributed by atoms with van der Waals surface area (Å²) >= 11 is -3.97. The standard InChI is InChI=1S/C22H25.C12H9Si.2ClH.Zr/c1-4-9-17-12-13-19-14-20(16(3)5-2)15-21(19)22(17)18-10-7-6-8-11-18;1-3-7-11-9(5-1)10-6-2-4-8-12(10)13-11;;;/h6-8,10-16H,4-5,9H2,1-3H3;1-7H,13H2;2*1H;/q;;;;+2/p-2. The van der Waals surface area contributed by atoms with Crippen molar-refractivity contribution in [3.63, 3.8) is 0 Å². The van der Waals surface area contributed by atoms with E-state index in [1.165, 1.54) is 58.2 Å². The Labute approximate surface area is 241 Å². The van der Waals surface area contributed by atoms with Gasteiger partial charge in [-0.05, 0) is 0 Å². The van der Waals surface area contributed by atoms with E-state index in [1.807, 2.05) is 0 Å². The van der Waals surface area contributed by atoms with Crippen LogP contribution in [0.4, 0.5) is 0 Å². The normalized spacial score (nSPS) is 17.2. The number of allylic oxidation sites excluding steroid dienone is 1. The van der Waals surface area contributed by atoms with Crippen molar-refractivity contribution in [1.29, 1.82) is 0 Å². The van der Waals surface area contributed by atoms with E-state index < -0.39 is 27.4 Å². The van der Waals surface area contributed by atoms with Crippen LogP contribution in [-0.4, -0.2) is 9.52 Å². The van der Waals surface area contributed by atoms with Gasteiger partial charge in [0.1, 0.15) is 0 Å². The topological polar surface area (TPSA) is 0 Å². The van der Waals surface area contributed by atoms with Gasteiger partial charge >= 0.3 is 243 Å². The maximum absolute atomic E-state index is 7.87. The summed E-state index contributed by atoms with van der Waals surface area (Å²) in [5.41, 5.74) is 11.0. The summed E-state index contributed by atoms with van der Waals surface area (Å²) in [6, 6.07) is 31.3. The third kappa shape index (κ3) is 4.37. The van der Waals surface area contributed by atoms with Gasteiger partial charge in [-0.2, -0.15) is 0 Å².